The minimum atomic E-state index is -0.266. The molecule has 1 aromatic carbocycles. The summed E-state index contributed by atoms with van der Waals surface area (Å²) in [7, 11) is 0. The highest BCUT2D eigenvalue weighted by atomic mass is 19.1. The molecule has 0 bridgehead atoms. The molecule has 1 atom stereocenters. The average Bonchev–Trinajstić information content (AvgIpc) is 3.01. The quantitative estimate of drug-likeness (QED) is 0.910. The highest BCUT2D eigenvalue weighted by Crippen LogP contribution is 2.25. The lowest BCUT2D eigenvalue weighted by Crippen LogP contribution is -2.50. The maximum atomic E-state index is 13.1. The molecule has 0 aromatic heterocycles. The van der Waals surface area contributed by atoms with E-state index in [0.717, 1.165) is 18.4 Å². The van der Waals surface area contributed by atoms with Gasteiger partial charge in [0.15, 0.2) is 0 Å². The molecular weight excluding hydrogens is 271 g/mol. The van der Waals surface area contributed by atoms with Gasteiger partial charge in [0.05, 0.1) is 19.3 Å². The molecular formula is C16H21FN2O2. The molecule has 114 valence electrons. The third kappa shape index (κ3) is 3.35. The predicted octanol–water partition coefficient (Wildman–Crippen LogP) is 2.85. The second-order valence-electron chi connectivity index (χ2n) is 5.77. The van der Waals surface area contributed by atoms with Gasteiger partial charge in [0.25, 0.3) is 0 Å². The standard InChI is InChI=1S/C16H21FN2O2/c17-13-7-5-12(6-8-13)15-11-21-10-9-19(15)16(20)18-14-3-1-2-4-14/h5-8,14-15H,1-4,9-11H2,(H,18,20). The van der Waals surface area contributed by atoms with E-state index in [1.807, 2.05) is 4.90 Å². The Bertz CT molecular complexity index is 486. The van der Waals surface area contributed by atoms with Gasteiger partial charge in [-0.05, 0) is 30.5 Å². The molecule has 1 aliphatic carbocycles. The fourth-order valence-electron chi connectivity index (χ4n) is 3.14. The van der Waals surface area contributed by atoms with Crippen LogP contribution in [0.25, 0.3) is 0 Å². The van der Waals surface area contributed by atoms with Crippen molar-refractivity contribution in [3.05, 3.63) is 35.6 Å². The number of hydrogen-bond donors (Lipinski definition) is 1. The zero-order chi connectivity index (χ0) is 14.7. The molecule has 1 aromatic rings. The van der Waals surface area contributed by atoms with E-state index in [-0.39, 0.29) is 17.9 Å². The van der Waals surface area contributed by atoms with Gasteiger partial charge in [-0.2, -0.15) is 0 Å². The summed E-state index contributed by atoms with van der Waals surface area (Å²) in [6.07, 6.45) is 4.51. The fraction of sp³-hybridized carbons (Fsp3) is 0.562. The lowest BCUT2D eigenvalue weighted by atomic mass is 10.1. The molecule has 5 heteroatoms. The molecule has 1 saturated heterocycles. The van der Waals surface area contributed by atoms with Crippen molar-refractivity contribution in [2.75, 3.05) is 19.8 Å². The van der Waals surface area contributed by atoms with Crippen molar-refractivity contribution in [3.63, 3.8) is 0 Å². The van der Waals surface area contributed by atoms with Crippen molar-refractivity contribution >= 4 is 6.03 Å². The van der Waals surface area contributed by atoms with E-state index >= 15 is 0 Å². The second-order valence-corrected chi connectivity index (χ2v) is 5.77. The number of amides is 2. The number of rotatable bonds is 2. The normalized spacial score (nSPS) is 23.3. The van der Waals surface area contributed by atoms with Crippen LogP contribution in [0.2, 0.25) is 0 Å². The molecule has 2 amide bonds. The molecule has 21 heavy (non-hydrogen) atoms. The van der Waals surface area contributed by atoms with E-state index in [9.17, 15) is 9.18 Å². The van der Waals surface area contributed by atoms with Gasteiger partial charge in [-0.1, -0.05) is 25.0 Å². The van der Waals surface area contributed by atoms with Gasteiger partial charge >= 0.3 is 6.03 Å². The average molecular weight is 292 g/mol. The van der Waals surface area contributed by atoms with Crippen molar-refractivity contribution < 1.29 is 13.9 Å². The summed E-state index contributed by atoms with van der Waals surface area (Å²) in [4.78, 5) is 14.3. The van der Waals surface area contributed by atoms with Crippen LogP contribution in [0.4, 0.5) is 9.18 Å². The smallest absolute Gasteiger partial charge is 0.318 e. The van der Waals surface area contributed by atoms with Gasteiger partial charge in [-0.25, -0.2) is 9.18 Å². The Balaban J connectivity index is 1.71. The Morgan fingerprint density at radius 3 is 2.67 bits per heavy atom. The van der Waals surface area contributed by atoms with E-state index in [0.29, 0.717) is 25.8 Å². The van der Waals surface area contributed by atoms with E-state index in [4.69, 9.17) is 4.74 Å². The number of ether oxygens (including phenoxy) is 1. The van der Waals surface area contributed by atoms with Crippen molar-refractivity contribution in [1.82, 2.24) is 10.2 Å². The van der Waals surface area contributed by atoms with Crippen LogP contribution in [-0.4, -0.2) is 36.7 Å². The Morgan fingerprint density at radius 2 is 1.95 bits per heavy atom. The Hall–Kier alpha value is -1.62. The van der Waals surface area contributed by atoms with Crippen molar-refractivity contribution in [1.29, 1.82) is 0 Å². The van der Waals surface area contributed by atoms with Gasteiger partial charge in [0.1, 0.15) is 5.82 Å². The summed E-state index contributed by atoms with van der Waals surface area (Å²) in [5.74, 6) is -0.266. The zero-order valence-corrected chi connectivity index (χ0v) is 12.1. The Kier molecular flexibility index (Phi) is 4.39. The number of hydrogen-bond acceptors (Lipinski definition) is 2. The Labute approximate surface area is 124 Å². The van der Waals surface area contributed by atoms with Crippen LogP contribution in [0.5, 0.6) is 0 Å². The summed E-state index contributed by atoms with van der Waals surface area (Å²) in [5, 5.41) is 3.12. The topological polar surface area (TPSA) is 41.6 Å². The molecule has 1 unspecified atom stereocenters. The van der Waals surface area contributed by atoms with Crippen LogP contribution < -0.4 is 5.32 Å². The molecule has 3 rings (SSSR count). The summed E-state index contributed by atoms with van der Waals surface area (Å²) in [6, 6.07) is 6.44. The molecule has 1 heterocycles. The van der Waals surface area contributed by atoms with Crippen LogP contribution in [0.15, 0.2) is 24.3 Å². The first-order valence-corrected chi connectivity index (χ1v) is 7.64. The Morgan fingerprint density at radius 1 is 1.24 bits per heavy atom. The fourth-order valence-corrected chi connectivity index (χ4v) is 3.14. The minimum Gasteiger partial charge on any atom is -0.377 e. The summed E-state index contributed by atoms with van der Waals surface area (Å²) in [6.45, 7) is 1.58. The first-order valence-electron chi connectivity index (χ1n) is 7.64. The first kappa shape index (κ1) is 14.3. The van der Waals surface area contributed by atoms with Crippen LogP contribution in [0.3, 0.4) is 0 Å². The molecule has 0 radical (unpaired) electrons. The number of carbonyl (C=O) groups excluding carboxylic acids is 1. The van der Waals surface area contributed by atoms with E-state index in [1.54, 1.807) is 12.1 Å². The molecule has 4 nitrogen and oxygen atoms in total. The number of nitrogens with one attached hydrogen (secondary N) is 1. The summed E-state index contributed by atoms with van der Waals surface area (Å²) < 4.78 is 18.6. The number of halogens is 1. The molecule has 0 spiro atoms. The van der Waals surface area contributed by atoms with Gasteiger partial charge in [0, 0.05) is 12.6 Å². The van der Waals surface area contributed by atoms with Gasteiger partial charge < -0.3 is 15.0 Å². The number of carbonyl (C=O) groups is 1. The van der Waals surface area contributed by atoms with Crippen LogP contribution >= 0.6 is 0 Å². The lowest BCUT2D eigenvalue weighted by Gasteiger charge is -2.36. The number of morpholine rings is 1. The van der Waals surface area contributed by atoms with Crippen LogP contribution in [0.1, 0.15) is 37.3 Å². The number of benzene rings is 1. The lowest BCUT2D eigenvalue weighted by molar-refractivity contribution is 0.0111. The van der Waals surface area contributed by atoms with Crippen molar-refractivity contribution in [2.24, 2.45) is 0 Å². The van der Waals surface area contributed by atoms with Gasteiger partial charge in [-0.3, -0.25) is 0 Å². The van der Waals surface area contributed by atoms with Crippen molar-refractivity contribution in [3.8, 4) is 0 Å². The third-order valence-corrected chi connectivity index (χ3v) is 4.33. The van der Waals surface area contributed by atoms with E-state index in [2.05, 4.69) is 5.32 Å². The highest BCUT2D eigenvalue weighted by molar-refractivity contribution is 5.75. The maximum absolute atomic E-state index is 13.1. The highest BCUT2D eigenvalue weighted by Gasteiger charge is 2.30. The van der Waals surface area contributed by atoms with Gasteiger partial charge in [-0.15, -0.1) is 0 Å². The minimum absolute atomic E-state index is 0.0282. The largest absolute Gasteiger partial charge is 0.377 e. The van der Waals surface area contributed by atoms with Crippen LogP contribution in [-0.2, 0) is 4.74 Å². The number of urea groups is 1. The van der Waals surface area contributed by atoms with E-state index in [1.165, 1.54) is 25.0 Å². The monoisotopic (exact) mass is 292 g/mol. The van der Waals surface area contributed by atoms with Gasteiger partial charge in [0.2, 0.25) is 0 Å². The third-order valence-electron chi connectivity index (χ3n) is 4.33. The molecule has 1 N–H and O–H groups in total. The first-order chi connectivity index (χ1) is 10.2. The molecule has 1 saturated carbocycles. The maximum Gasteiger partial charge on any atom is 0.318 e. The van der Waals surface area contributed by atoms with Crippen molar-refractivity contribution in [2.45, 2.75) is 37.8 Å². The molecule has 2 fully saturated rings. The van der Waals surface area contributed by atoms with E-state index < -0.39 is 0 Å². The van der Waals surface area contributed by atoms with Crippen LogP contribution in [0, 0.1) is 5.82 Å². The molecule has 2 aliphatic rings. The zero-order valence-electron chi connectivity index (χ0n) is 12.1. The predicted molar refractivity (Wildman–Crippen MR) is 77.5 cm³/mol. The SMILES string of the molecule is O=C(NC1CCCC1)N1CCOCC1c1ccc(F)cc1. The summed E-state index contributed by atoms with van der Waals surface area (Å²) >= 11 is 0. The summed E-state index contributed by atoms with van der Waals surface area (Å²) in [5.41, 5.74) is 0.915. The second kappa shape index (κ2) is 6.43. The molecule has 1 aliphatic heterocycles. The number of nitrogens with zero attached hydrogens (tertiary/aromatic N) is 1.